The minimum Gasteiger partial charge on any atom is -0.383 e. The van der Waals surface area contributed by atoms with Gasteiger partial charge in [-0.05, 0) is 30.2 Å². The van der Waals surface area contributed by atoms with Gasteiger partial charge in [0.1, 0.15) is 11.6 Å². The Morgan fingerprint density at radius 2 is 2.06 bits per heavy atom. The minimum absolute atomic E-state index is 0.0869. The van der Waals surface area contributed by atoms with Gasteiger partial charge in [-0.2, -0.15) is 5.10 Å². The molecule has 0 saturated heterocycles. The van der Waals surface area contributed by atoms with Gasteiger partial charge in [0, 0.05) is 12.6 Å². The monoisotopic (exact) mass is 239 g/mol. The van der Waals surface area contributed by atoms with Crippen LogP contribution in [-0.4, -0.2) is 9.78 Å². The van der Waals surface area contributed by atoms with Gasteiger partial charge in [-0.3, -0.25) is 4.68 Å². The molecule has 0 aliphatic rings. The molecule has 16 heavy (non-hydrogen) atoms. The third-order valence-corrected chi connectivity index (χ3v) is 2.83. The van der Waals surface area contributed by atoms with E-state index in [4.69, 9.17) is 17.3 Å². The maximum Gasteiger partial charge on any atom is 0.142 e. The van der Waals surface area contributed by atoms with E-state index in [0.29, 0.717) is 5.82 Å². The molecule has 0 amide bonds. The number of aromatic nitrogens is 2. The van der Waals surface area contributed by atoms with Crippen molar-refractivity contribution in [2.45, 2.75) is 6.92 Å². The lowest BCUT2D eigenvalue weighted by atomic mass is 10.0. The van der Waals surface area contributed by atoms with Gasteiger partial charge in [-0.15, -0.1) is 0 Å². The highest BCUT2D eigenvalue weighted by molar-refractivity contribution is 6.31. The highest BCUT2D eigenvalue weighted by Gasteiger charge is 2.12. The largest absolute Gasteiger partial charge is 0.383 e. The van der Waals surface area contributed by atoms with E-state index in [1.165, 1.54) is 6.07 Å². The maximum atomic E-state index is 13.2. The SMILES string of the molecule is Cc1cc(F)c(Cl)cc1-c1cnn(C)c1N. The lowest BCUT2D eigenvalue weighted by molar-refractivity contribution is 0.627. The summed E-state index contributed by atoms with van der Waals surface area (Å²) in [6.07, 6.45) is 1.64. The van der Waals surface area contributed by atoms with E-state index >= 15 is 0 Å². The number of nitrogens with two attached hydrogens (primary N) is 1. The topological polar surface area (TPSA) is 43.8 Å². The first kappa shape index (κ1) is 11.0. The van der Waals surface area contributed by atoms with Crippen LogP contribution in [0.4, 0.5) is 10.2 Å². The molecular formula is C11H11ClFN3. The molecular weight excluding hydrogens is 229 g/mol. The van der Waals surface area contributed by atoms with Gasteiger partial charge in [0.25, 0.3) is 0 Å². The number of hydrogen-bond acceptors (Lipinski definition) is 2. The van der Waals surface area contributed by atoms with Crippen LogP contribution in [-0.2, 0) is 7.05 Å². The third-order valence-electron chi connectivity index (χ3n) is 2.54. The Hall–Kier alpha value is -1.55. The highest BCUT2D eigenvalue weighted by Crippen LogP contribution is 2.31. The van der Waals surface area contributed by atoms with Crippen molar-refractivity contribution in [3.63, 3.8) is 0 Å². The van der Waals surface area contributed by atoms with Crippen molar-refractivity contribution in [2.75, 3.05) is 5.73 Å². The van der Waals surface area contributed by atoms with Crippen LogP contribution in [0.25, 0.3) is 11.1 Å². The van der Waals surface area contributed by atoms with Crippen LogP contribution in [0.1, 0.15) is 5.56 Å². The Bertz CT molecular complexity index is 548. The molecule has 84 valence electrons. The maximum absolute atomic E-state index is 13.2. The van der Waals surface area contributed by atoms with Gasteiger partial charge < -0.3 is 5.73 Å². The summed E-state index contributed by atoms with van der Waals surface area (Å²) in [4.78, 5) is 0. The summed E-state index contributed by atoms with van der Waals surface area (Å²) in [7, 11) is 1.75. The second-order valence-electron chi connectivity index (χ2n) is 3.65. The van der Waals surface area contributed by atoms with Gasteiger partial charge in [-0.25, -0.2) is 4.39 Å². The first-order valence-corrected chi connectivity index (χ1v) is 5.12. The number of nitrogens with zero attached hydrogens (tertiary/aromatic N) is 2. The molecule has 1 aromatic carbocycles. The van der Waals surface area contributed by atoms with E-state index < -0.39 is 5.82 Å². The second-order valence-corrected chi connectivity index (χ2v) is 4.06. The third kappa shape index (κ3) is 1.65. The van der Waals surface area contributed by atoms with Crippen LogP contribution < -0.4 is 5.73 Å². The van der Waals surface area contributed by atoms with E-state index in [0.717, 1.165) is 16.7 Å². The molecule has 0 spiro atoms. The molecule has 0 bridgehead atoms. The predicted molar refractivity (Wildman–Crippen MR) is 62.8 cm³/mol. The van der Waals surface area contributed by atoms with Crippen LogP contribution in [0, 0.1) is 12.7 Å². The van der Waals surface area contributed by atoms with Crippen molar-refractivity contribution in [1.29, 1.82) is 0 Å². The van der Waals surface area contributed by atoms with Gasteiger partial charge in [0.15, 0.2) is 0 Å². The summed E-state index contributed by atoms with van der Waals surface area (Å²) >= 11 is 5.75. The summed E-state index contributed by atoms with van der Waals surface area (Å²) in [6, 6.07) is 2.96. The number of benzene rings is 1. The van der Waals surface area contributed by atoms with E-state index in [1.807, 2.05) is 0 Å². The van der Waals surface area contributed by atoms with Crippen molar-refractivity contribution in [3.05, 3.63) is 34.7 Å². The van der Waals surface area contributed by atoms with Crippen LogP contribution in [0.15, 0.2) is 18.3 Å². The number of anilines is 1. The Morgan fingerprint density at radius 1 is 1.38 bits per heavy atom. The Balaban J connectivity index is 2.65. The number of halogens is 2. The van der Waals surface area contributed by atoms with E-state index in [1.54, 1.807) is 30.9 Å². The van der Waals surface area contributed by atoms with Gasteiger partial charge in [0.05, 0.1) is 11.2 Å². The lowest BCUT2D eigenvalue weighted by Crippen LogP contribution is -1.98. The quantitative estimate of drug-likeness (QED) is 0.832. The minimum atomic E-state index is -0.426. The van der Waals surface area contributed by atoms with Crippen LogP contribution in [0.3, 0.4) is 0 Å². The molecule has 0 saturated carbocycles. The Labute approximate surface area is 97.6 Å². The van der Waals surface area contributed by atoms with E-state index in [9.17, 15) is 4.39 Å². The van der Waals surface area contributed by atoms with Gasteiger partial charge in [-0.1, -0.05) is 11.6 Å². The molecule has 0 aliphatic heterocycles. The first-order chi connectivity index (χ1) is 7.50. The fourth-order valence-corrected chi connectivity index (χ4v) is 1.75. The van der Waals surface area contributed by atoms with E-state index in [2.05, 4.69) is 5.10 Å². The normalized spacial score (nSPS) is 10.8. The summed E-state index contributed by atoms with van der Waals surface area (Å²) in [5, 5.41) is 4.13. The lowest BCUT2D eigenvalue weighted by Gasteiger charge is -2.06. The molecule has 2 N–H and O–H groups in total. The molecule has 0 unspecified atom stereocenters. The van der Waals surface area contributed by atoms with Crippen molar-refractivity contribution < 1.29 is 4.39 Å². The first-order valence-electron chi connectivity index (χ1n) is 4.74. The van der Waals surface area contributed by atoms with Gasteiger partial charge >= 0.3 is 0 Å². The second kappa shape index (κ2) is 3.79. The van der Waals surface area contributed by atoms with Crippen LogP contribution in [0.2, 0.25) is 5.02 Å². The summed E-state index contributed by atoms with van der Waals surface area (Å²) in [5.74, 6) is 0.108. The van der Waals surface area contributed by atoms with Crippen molar-refractivity contribution in [3.8, 4) is 11.1 Å². The highest BCUT2D eigenvalue weighted by atomic mass is 35.5. The number of nitrogen functional groups attached to an aromatic ring is 1. The van der Waals surface area contributed by atoms with Gasteiger partial charge in [0.2, 0.25) is 0 Å². The Morgan fingerprint density at radius 3 is 2.62 bits per heavy atom. The van der Waals surface area contributed by atoms with Crippen molar-refractivity contribution in [1.82, 2.24) is 9.78 Å². The molecule has 1 aromatic heterocycles. The fraction of sp³-hybridized carbons (Fsp3) is 0.182. The zero-order chi connectivity index (χ0) is 11.9. The Kier molecular flexibility index (Phi) is 2.59. The molecule has 3 nitrogen and oxygen atoms in total. The number of rotatable bonds is 1. The standard InChI is InChI=1S/C11H11ClFN3/c1-6-3-10(13)9(12)4-7(6)8-5-15-16(2)11(8)14/h3-5H,14H2,1-2H3. The molecule has 0 radical (unpaired) electrons. The van der Waals surface area contributed by atoms with Crippen molar-refractivity contribution >= 4 is 17.4 Å². The smallest absolute Gasteiger partial charge is 0.142 e. The average molecular weight is 240 g/mol. The molecule has 0 fully saturated rings. The predicted octanol–water partition coefficient (Wildman–Crippen LogP) is 2.77. The molecule has 2 rings (SSSR count). The summed E-state index contributed by atoms with van der Waals surface area (Å²) in [5.41, 5.74) is 8.20. The average Bonchev–Trinajstić information content (AvgIpc) is 2.54. The van der Waals surface area contributed by atoms with E-state index in [-0.39, 0.29) is 5.02 Å². The van der Waals surface area contributed by atoms with Crippen LogP contribution in [0.5, 0.6) is 0 Å². The molecule has 2 aromatic rings. The van der Waals surface area contributed by atoms with Crippen molar-refractivity contribution in [2.24, 2.45) is 7.05 Å². The zero-order valence-electron chi connectivity index (χ0n) is 8.96. The van der Waals surface area contributed by atoms with Crippen LogP contribution >= 0.6 is 11.6 Å². The fourth-order valence-electron chi connectivity index (χ4n) is 1.59. The number of hydrogen-bond donors (Lipinski definition) is 1. The summed E-state index contributed by atoms with van der Waals surface area (Å²) in [6.45, 7) is 1.81. The zero-order valence-corrected chi connectivity index (χ0v) is 9.72. The summed E-state index contributed by atoms with van der Waals surface area (Å²) < 4.78 is 14.8. The molecule has 1 heterocycles. The molecule has 0 atom stereocenters. The molecule has 5 heteroatoms. The molecule has 0 aliphatic carbocycles. The number of aryl methyl sites for hydroxylation is 2.